The molecule has 6 heteroatoms. The van der Waals surface area contributed by atoms with Crippen LogP contribution < -0.4 is 11.1 Å². The highest BCUT2D eigenvalue weighted by Crippen LogP contribution is 2.20. The number of aromatic nitrogens is 1. The van der Waals surface area contributed by atoms with Gasteiger partial charge in [0, 0.05) is 5.69 Å². The van der Waals surface area contributed by atoms with E-state index in [1.807, 2.05) is 30.3 Å². The van der Waals surface area contributed by atoms with Gasteiger partial charge in [-0.2, -0.15) is 0 Å². The zero-order chi connectivity index (χ0) is 11.5. The lowest BCUT2D eigenvalue weighted by Crippen LogP contribution is -2.11. The van der Waals surface area contributed by atoms with Gasteiger partial charge in [0.15, 0.2) is 5.13 Å². The minimum absolute atomic E-state index is 0. The monoisotopic (exact) mass is 269 g/mol. The molecule has 17 heavy (non-hydrogen) atoms. The van der Waals surface area contributed by atoms with Crippen LogP contribution in [0.5, 0.6) is 0 Å². The molecule has 3 N–H and O–H groups in total. The van der Waals surface area contributed by atoms with E-state index in [1.165, 1.54) is 11.3 Å². The molecular formula is C11H12ClN3OS. The maximum Gasteiger partial charge on any atom is 0.267 e. The highest BCUT2D eigenvalue weighted by molar-refractivity contribution is 7.17. The number of para-hydroxylation sites is 1. The van der Waals surface area contributed by atoms with E-state index in [0.29, 0.717) is 15.7 Å². The third-order valence-electron chi connectivity index (χ3n) is 2.05. The molecule has 1 heterocycles. The predicted molar refractivity (Wildman–Crippen MR) is 72.9 cm³/mol. The molecule has 2 aromatic rings. The number of hydrogen-bond donors (Lipinski definition) is 2. The van der Waals surface area contributed by atoms with E-state index in [4.69, 9.17) is 5.73 Å². The van der Waals surface area contributed by atoms with E-state index in [0.717, 1.165) is 5.69 Å². The third-order valence-corrected chi connectivity index (χ3v) is 3.04. The molecule has 0 radical (unpaired) electrons. The van der Waals surface area contributed by atoms with Crippen LogP contribution in [0.15, 0.2) is 30.3 Å². The van der Waals surface area contributed by atoms with E-state index in [1.54, 1.807) is 6.92 Å². The maximum absolute atomic E-state index is 11.9. The van der Waals surface area contributed by atoms with Gasteiger partial charge in [0.2, 0.25) is 0 Å². The number of carbonyl (C=O) groups excluding carboxylic acids is 1. The Kier molecular flexibility index (Phi) is 4.48. The first-order valence-corrected chi connectivity index (χ1v) is 5.58. The number of carbonyl (C=O) groups is 1. The summed E-state index contributed by atoms with van der Waals surface area (Å²) in [6.45, 7) is 1.77. The van der Waals surface area contributed by atoms with Gasteiger partial charge in [0.05, 0.1) is 5.69 Å². The maximum atomic E-state index is 11.9. The normalized spacial score (nSPS) is 9.47. The summed E-state index contributed by atoms with van der Waals surface area (Å²) in [5.74, 6) is -0.169. The van der Waals surface area contributed by atoms with Crippen molar-refractivity contribution in [2.45, 2.75) is 6.92 Å². The largest absolute Gasteiger partial charge is 0.375 e. The van der Waals surface area contributed by atoms with Crippen LogP contribution in [0.3, 0.4) is 0 Å². The number of anilines is 2. The Hall–Kier alpha value is -1.59. The third kappa shape index (κ3) is 3.18. The van der Waals surface area contributed by atoms with Crippen molar-refractivity contribution in [3.8, 4) is 0 Å². The molecule has 0 unspecified atom stereocenters. The molecule has 90 valence electrons. The molecule has 0 aliphatic rings. The molecule has 4 nitrogen and oxygen atoms in total. The van der Waals surface area contributed by atoms with Gasteiger partial charge in [-0.3, -0.25) is 4.79 Å². The zero-order valence-corrected chi connectivity index (χ0v) is 10.8. The van der Waals surface area contributed by atoms with Gasteiger partial charge in [0.1, 0.15) is 4.88 Å². The average Bonchev–Trinajstić information content (AvgIpc) is 2.59. The molecule has 0 spiro atoms. The quantitative estimate of drug-likeness (QED) is 0.881. The fraction of sp³-hybridized carbons (Fsp3) is 0.0909. The number of benzene rings is 1. The van der Waals surface area contributed by atoms with Crippen molar-refractivity contribution < 1.29 is 4.79 Å². The lowest BCUT2D eigenvalue weighted by Gasteiger charge is -2.02. The van der Waals surface area contributed by atoms with Crippen LogP contribution in [0, 0.1) is 6.92 Å². The van der Waals surface area contributed by atoms with Crippen molar-refractivity contribution in [2.75, 3.05) is 11.1 Å². The minimum atomic E-state index is -0.169. The summed E-state index contributed by atoms with van der Waals surface area (Å²) < 4.78 is 0. The fourth-order valence-corrected chi connectivity index (χ4v) is 2.07. The van der Waals surface area contributed by atoms with Gasteiger partial charge >= 0.3 is 0 Å². The van der Waals surface area contributed by atoms with E-state index < -0.39 is 0 Å². The van der Waals surface area contributed by atoms with Crippen LogP contribution in [0.4, 0.5) is 10.8 Å². The second-order valence-corrected chi connectivity index (χ2v) is 4.32. The second-order valence-electron chi connectivity index (χ2n) is 3.29. The van der Waals surface area contributed by atoms with Crippen LogP contribution in [-0.2, 0) is 0 Å². The summed E-state index contributed by atoms with van der Waals surface area (Å²) in [4.78, 5) is 16.4. The molecule has 2 rings (SSSR count). The SMILES string of the molecule is Cc1nc(N)sc1C(=O)Nc1ccccc1.Cl. The molecule has 1 aromatic carbocycles. The standard InChI is InChI=1S/C11H11N3OS.ClH/c1-7-9(16-11(12)13-7)10(15)14-8-5-3-2-4-6-8;/h2-6H,1H3,(H2,12,13)(H,14,15);1H. The number of nitrogen functional groups attached to an aromatic ring is 1. The van der Waals surface area contributed by atoms with Crippen LogP contribution in [0.25, 0.3) is 0 Å². The Labute approximate surface area is 109 Å². The summed E-state index contributed by atoms with van der Waals surface area (Å²) in [6.07, 6.45) is 0. The molecule has 0 bridgehead atoms. The van der Waals surface area contributed by atoms with E-state index in [2.05, 4.69) is 10.3 Å². The van der Waals surface area contributed by atoms with Gasteiger partial charge in [-0.05, 0) is 19.1 Å². The molecule has 0 saturated carbocycles. The first-order chi connectivity index (χ1) is 7.66. The number of nitrogens with two attached hydrogens (primary N) is 1. The highest BCUT2D eigenvalue weighted by Gasteiger charge is 2.13. The van der Waals surface area contributed by atoms with Crippen LogP contribution in [0.1, 0.15) is 15.4 Å². The number of halogens is 1. The lowest BCUT2D eigenvalue weighted by molar-refractivity contribution is 0.103. The van der Waals surface area contributed by atoms with Crippen LogP contribution >= 0.6 is 23.7 Å². The van der Waals surface area contributed by atoms with Crippen molar-refractivity contribution in [3.05, 3.63) is 40.9 Å². The molecular weight excluding hydrogens is 258 g/mol. The molecule has 0 aliphatic carbocycles. The lowest BCUT2D eigenvalue weighted by atomic mass is 10.3. The smallest absolute Gasteiger partial charge is 0.267 e. The number of thiazole rings is 1. The van der Waals surface area contributed by atoms with Crippen LogP contribution in [-0.4, -0.2) is 10.9 Å². The molecule has 0 fully saturated rings. The van der Waals surface area contributed by atoms with Crippen molar-refractivity contribution in [1.82, 2.24) is 4.98 Å². The summed E-state index contributed by atoms with van der Waals surface area (Å²) >= 11 is 1.20. The van der Waals surface area contributed by atoms with Crippen molar-refractivity contribution >= 4 is 40.5 Å². The Bertz CT molecular complexity index is 513. The second kappa shape index (κ2) is 5.65. The average molecular weight is 270 g/mol. The number of nitrogens with one attached hydrogen (secondary N) is 1. The van der Waals surface area contributed by atoms with Gasteiger partial charge in [-0.25, -0.2) is 4.98 Å². The summed E-state index contributed by atoms with van der Waals surface area (Å²) in [5, 5.41) is 3.20. The molecule has 0 aliphatic heterocycles. The predicted octanol–water partition coefficient (Wildman–Crippen LogP) is 2.71. The van der Waals surface area contributed by atoms with E-state index in [9.17, 15) is 4.79 Å². The van der Waals surface area contributed by atoms with Crippen molar-refractivity contribution in [2.24, 2.45) is 0 Å². The Morgan fingerprint density at radius 3 is 2.53 bits per heavy atom. The Morgan fingerprint density at radius 2 is 2.00 bits per heavy atom. The Balaban J connectivity index is 0.00000144. The summed E-state index contributed by atoms with van der Waals surface area (Å²) in [5.41, 5.74) is 6.96. The number of aryl methyl sites for hydroxylation is 1. The summed E-state index contributed by atoms with van der Waals surface area (Å²) in [6, 6.07) is 9.29. The first kappa shape index (κ1) is 13.5. The van der Waals surface area contributed by atoms with Crippen LogP contribution in [0.2, 0.25) is 0 Å². The van der Waals surface area contributed by atoms with Gasteiger partial charge in [0.25, 0.3) is 5.91 Å². The highest BCUT2D eigenvalue weighted by atomic mass is 35.5. The van der Waals surface area contributed by atoms with Crippen molar-refractivity contribution in [3.63, 3.8) is 0 Å². The molecule has 1 amide bonds. The van der Waals surface area contributed by atoms with Crippen molar-refractivity contribution in [1.29, 1.82) is 0 Å². The Morgan fingerprint density at radius 1 is 1.35 bits per heavy atom. The number of rotatable bonds is 2. The number of hydrogen-bond acceptors (Lipinski definition) is 4. The minimum Gasteiger partial charge on any atom is -0.375 e. The molecule has 0 atom stereocenters. The zero-order valence-electron chi connectivity index (χ0n) is 9.14. The van der Waals surface area contributed by atoms with Gasteiger partial charge in [-0.1, -0.05) is 29.5 Å². The molecule has 0 saturated heterocycles. The van der Waals surface area contributed by atoms with Gasteiger partial charge < -0.3 is 11.1 Å². The number of amides is 1. The van der Waals surface area contributed by atoms with E-state index >= 15 is 0 Å². The topological polar surface area (TPSA) is 68.0 Å². The first-order valence-electron chi connectivity index (χ1n) is 4.76. The van der Waals surface area contributed by atoms with E-state index in [-0.39, 0.29) is 18.3 Å². The number of nitrogens with zero attached hydrogens (tertiary/aromatic N) is 1. The summed E-state index contributed by atoms with van der Waals surface area (Å²) in [7, 11) is 0. The van der Waals surface area contributed by atoms with Gasteiger partial charge in [-0.15, -0.1) is 12.4 Å². The molecule has 1 aromatic heterocycles. The fourth-order valence-electron chi connectivity index (χ4n) is 1.34.